The van der Waals surface area contributed by atoms with Crippen LogP contribution in [-0.2, 0) is 9.53 Å². The van der Waals surface area contributed by atoms with Gasteiger partial charge in [0.15, 0.2) is 0 Å². The molecule has 0 heterocycles. The molecule has 6 heteroatoms. The zero-order valence-corrected chi connectivity index (χ0v) is 8.47. The van der Waals surface area contributed by atoms with E-state index in [0.29, 0.717) is 13.0 Å². The smallest absolute Gasteiger partial charge is 0.322 e. The molecule has 0 aromatic carbocycles. The van der Waals surface area contributed by atoms with Crippen molar-refractivity contribution in [3.05, 3.63) is 0 Å². The van der Waals surface area contributed by atoms with Crippen molar-refractivity contribution in [2.75, 3.05) is 13.7 Å². The Morgan fingerprint density at radius 2 is 2.23 bits per heavy atom. The SMILES string of the molecule is COC(=O)[C@@H](N)CCCCNO.Cl. The van der Waals surface area contributed by atoms with Crippen molar-refractivity contribution < 1.29 is 14.7 Å². The summed E-state index contributed by atoms with van der Waals surface area (Å²) < 4.78 is 4.44. The summed E-state index contributed by atoms with van der Waals surface area (Å²) >= 11 is 0. The van der Waals surface area contributed by atoms with Crippen molar-refractivity contribution in [3.8, 4) is 0 Å². The molecule has 4 N–H and O–H groups in total. The Balaban J connectivity index is 0. The van der Waals surface area contributed by atoms with Crippen LogP contribution in [0.25, 0.3) is 0 Å². The van der Waals surface area contributed by atoms with E-state index in [0.717, 1.165) is 12.8 Å². The Morgan fingerprint density at radius 1 is 1.62 bits per heavy atom. The number of esters is 1. The van der Waals surface area contributed by atoms with Crippen molar-refractivity contribution in [1.82, 2.24) is 5.48 Å². The fraction of sp³-hybridized carbons (Fsp3) is 0.857. The van der Waals surface area contributed by atoms with E-state index in [-0.39, 0.29) is 18.4 Å². The van der Waals surface area contributed by atoms with Gasteiger partial charge in [-0.2, -0.15) is 0 Å². The highest BCUT2D eigenvalue weighted by molar-refractivity contribution is 5.85. The molecule has 0 fully saturated rings. The molecule has 0 saturated heterocycles. The minimum Gasteiger partial charge on any atom is -0.468 e. The second kappa shape index (κ2) is 9.73. The maximum atomic E-state index is 10.8. The van der Waals surface area contributed by atoms with Gasteiger partial charge in [-0.25, -0.2) is 5.48 Å². The highest BCUT2D eigenvalue weighted by Gasteiger charge is 2.11. The average Bonchev–Trinajstić information content (AvgIpc) is 2.10. The minimum absolute atomic E-state index is 0. The van der Waals surface area contributed by atoms with E-state index >= 15 is 0 Å². The van der Waals surface area contributed by atoms with Gasteiger partial charge in [-0.15, -0.1) is 12.4 Å². The number of halogens is 1. The Kier molecular flexibility index (Phi) is 11.3. The van der Waals surface area contributed by atoms with Gasteiger partial charge in [-0.1, -0.05) is 0 Å². The maximum Gasteiger partial charge on any atom is 0.322 e. The third-order valence-electron chi connectivity index (χ3n) is 1.56. The summed E-state index contributed by atoms with van der Waals surface area (Å²) in [5.41, 5.74) is 7.48. The van der Waals surface area contributed by atoms with E-state index < -0.39 is 6.04 Å². The van der Waals surface area contributed by atoms with Crippen LogP contribution in [0.1, 0.15) is 19.3 Å². The Bertz CT molecular complexity index is 135. The number of carbonyl (C=O) groups excluding carboxylic acids is 1. The van der Waals surface area contributed by atoms with Crippen molar-refractivity contribution in [2.45, 2.75) is 25.3 Å². The van der Waals surface area contributed by atoms with Crippen molar-refractivity contribution in [3.63, 3.8) is 0 Å². The lowest BCUT2D eigenvalue weighted by atomic mass is 10.1. The molecule has 5 nitrogen and oxygen atoms in total. The van der Waals surface area contributed by atoms with E-state index in [1.54, 1.807) is 0 Å². The van der Waals surface area contributed by atoms with E-state index in [1.807, 2.05) is 5.48 Å². The zero-order chi connectivity index (χ0) is 9.40. The van der Waals surface area contributed by atoms with Crippen molar-refractivity contribution in [1.29, 1.82) is 0 Å². The number of hydrogen-bond acceptors (Lipinski definition) is 5. The fourth-order valence-electron chi connectivity index (χ4n) is 0.838. The highest BCUT2D eigenvalue weighted by atomic mass is 35.5. The molecular formula is C7H17ClN2O3. The number of nitrogens with two attached hydrogens (primary N) is 1. The van der Waals surface area contributed by atoms with Gasteiger partial charge in [0.1, 0.15) is 6.04 Å². The number of hydroxylamine groups is 1. The van der Waals surface area contributed by atoms with Crippen LogP contribution >= 0.6 is 12.4 Å². The summed E-state index contributed by atoms with van der Waals surface area (Å²) in [5, 5.41) is 8.21. The second-order valence-electron chi connectivity index (χ2n) is 2.53. The van der Waals surface area contributed by atoms with Gasteiger partial charge in [-0.05, 0) is 19.3 Å². The van der Waals surface area contributed by atoms with E-state index in [2.05, 4.69) is 4.74 Å². The van der Waals surface area contributed by atoms with Gasteiger partial charge >= 0.3 is 5.97 Å². The largest absolute Gasteiger partial charge is 0.468 e. The fourth-order valence-corrected chi connectivity index (χ4v) is 0.838. The molecule has 0 aliphatic carbocycles. The number of rotatable bonds is 6. The molecule has 0 unspecified atom stereocenters. The first kappa shape index (κ1) is 15.1. The number of ether oxygens (including phenoxy) is 1. The van der Waals surface area contributed by atoms with Gasteiger partial charge in [0, 0.05) is 6.54 Å². The minimum atomic E-state index is -0.534. The molecular weight excluding hydrogens is 196 g/mol. The molecule has 0 aromatic rings. The molecule has 0 spiro atoms. The highest BCUT2D eigenvalue weighted by Crippen LogP contribution is 1.99. The quantitative estimate of drug-likeness (QED) is 0.329. The monoisotopic (exact) mass is 212 g/mol. The lowest BCUT2D eigenvalue weighted by molar-refractivity contribution is -0.142. The molecule has 13 heavy (non-hydrogen) atoms. The van der Waals surface area contributed by atoms with Crippen LogP contribution in [0, 0.1) is 0 Å². The molecule has 0 rings (SSSR count). The Hall–Kier alpha value is -0.360. The maximum absolute atomic E-state index is 10.8. The van der Waals surface area contributed by atoms with Crippen LogP contribution in [-0.4, -0.2) is 30.9 Å². The molecule has 0 aliphatic rings. The van der Waals surface area contributed by atoms with Crippen molar-refractivity contribution in [2.24, 2.45) is 5.73 Å². The molecule has 0 aliphatic heterocycles. The first-order chi connectivity index (χ1) is 5.72. The van der Waals surface area contributed by atoms with Gasteiger partial charge in [-0.3, -0.25) is 4.79 Å². The third kappa shape index (κ3) is 7.98. The lowest BCUT2D eigenvalue weighted by Gasteiger charge is -2.07. The Labute approximate surface area is 84.0 Å². The van der Waals surface area contributed by atoms with Gasteiger partial charge in [0.05, 0.1) is 7.11 Å². The third-order valence-corrected chi connectivity index (χ3v) is 1.56. The molecule has 1 atom stereocenters. The van der Waals surface area contributed by atoms with Gasteiger partial charge in [0.25, 0.3) is 0 Å². The predicted octanol–water partition coefficient (Wildman–Crippen LogP) is 0.0576. The van der Waals surface area contributed by atoms with Crippen LogP contribution in [0.15, 0.2) is 0 Å². The van der Waals surface area contributed by atoms with Crippen LogP contribution in [0.5, 0.6) is 0 Å². The summed E-state index contributed by atoms with van der Waals surface area (Å²) in [6.45, 7) is 0.522. The molecule has 0 aromatic heterocycles. The van der Waals surface area contributed by atoms with E-state index in [9.17, 15) is 4.79 Å². The van der Waals surface area contributed by atoms with Gasteiger partial charge < -0.3 is 15.7 Å². The first-order valence-corrected chi connectivity index (χ1v) is 3.92. The van der Waals surface area contributed by atoms with E-state index in [4.69, 9.17) is 10.9 Å². The molecule has 0 saturated carbocycles. The van der Waals surface area contributed by atoms with Crippen LogP contribution in [0.4, 0.5) is 0 Å². The number of hydrogen-bond donors (Lipinski definition) is 3. The summed E-state index contributed by atoms with van der Waals surface area (Å²) in [6, 6.07) is -0.534. The molecule has 80 valence electrons. The first-order valence-electron chi connectivity index (χ1n) is 3.92. The molecule has 0 amide bonds. The number of methoxy groups -OCH3 is 1. The Morgan fingerprint density at radius 3 is 2.69 bits per heavy atom. The molecule has 0 bridgehead atoms. The lowest BCUT2D eigenvalue weighted by Crippen LogP contribution is -2.31. The number of nitrogens with one attached hydrogen (secondary N) is 1. The van der Waals surface area contributed by atoms with Crippen LogP contribution in [0.3, 0.4) is 0 Å². The number of carbonyl (C=O) groups is 1. The second-order valence-corrected chi connectivity index (χ2v) is 2.53. The van der Waals surface area contributed by atoms with Crippen LogP contribution < -0.4 is 11.2 Å². The number of unbranched alkanes of at least 4 members (excludes halogenated alkanes) is 1. The zero-order valence-electron chi connectivity index (χ0n) is 7.66. The summed E-state index contributed by atoms with van der Waals surface area (Å²) in [7, 11) is 1.32. The standard InChI is InChI=1S/C7H16N2O3.ClH/c1-12-7(10)6(8)4-2-3-5-9-11;/h6,9,11H,2-5,8H2,1H3;1H/t6-;/m0./s1. The molecule has 0 radical (unpaired) electrons. The topological polar surface area (TPSA) is 84.6 Å². The summed E-state index contributed by atoms with van der Waals surface area (Å²) in [4.78, 5) is 10.8. The van der Waals surface area contributed by atoms with Gasteiger partial charge in [0.2, 0.25) is 0 Å². The normalized spacial score (nSPS) is 11.6. The summed E-state index contributed by atoms with van der Waals surface area (Å²) in [5.74, 6) is -0.382. The van der Waals surface area contributed by atoms with E-state index in [1.165, 1.54) is 7.11 Å². The van der Waals surface area contributed by atoms with Crippen molar-refractivity contribution >= 4 is 18.4 Å². The summed E-state index contributed by atoms with van der Waals surface area (Å²) in [6.07, 6.45) is 2.18. The van der Waals surface area contributed by atoms with Crippen LogP contribution in [0.2, 0.25) is 0 Å². The average molecular weight is 213 g/mol. The predicted molar refractivity (Wildman–Crippen MR) is 50.9 cm³/mol.